The average Bonchev–Trinajstić information content (AvgIpc) is 3.25. The Morgan fingerprint density at radius 3 is 2.31 bits per heavy atom. The summed E-state index contributed by atoms with van der Waals surface area (Å²) in [5.41, 5.74) is 1.86. The van der Waals surface area contributed by atoms with Crippen LogP contribution in [0.3, 0.4) is 0 Å². The molecular weight excluding hydrogens is 404 g/mol. The molecule has 1 aliphatic heterocycles. The Hall–Kier alpha value is -2.63. The molecule has 0 spiro atoms. The Labute approximate surface area is 179 Å². The normalized spacial score (nSPS) is 14.6. The van der Waals surface area contributed by atoms with Crippen LogP contribution in [0.4, 0.5) is 5.69 Å². The molecule has 4 rings (SSSR count). The number of hydrogen-bond donors (Lipinski definition) is 1. The van der Waals surface area contributed by atoms with Crippen LogP contribution in [0, 0.1) is 5.92 Å². The zero-order valence-corrected chi connectivity index (χ0v) is 17.4. The Kier molecular flexibility index (Phi) is 5.97. The number of nitrogens with zero attached hydrogens (tertiary/aromatic N) is 1. The summed E-state index contributed by atoms with van der Waals surface area (Å²) in [5.74, 6) is 0.00815. The van der Waals surface area contributed by atoms with Crippen LogP contribution in [-0.4, -0.2) is 29.8 Å². The molecule has 0 atom stereocenters. The van der Waals surface area contributed by atoms with Gasteiger partial charge in [0, 0.05) is 34.6 Å². The van der Waals surface area contributed by atoms with E-state index >= 15 is 0 Å². The lowest BCUT2D eigenvalue weighted by Gasteiger charge is -2.31. The maximum atomic E-state index is 12.9. The van der Waals surface area contributed by atoms with E-state index in [9.17, 15) is 9.59 Å². The van der Waals surface area contributed by atoms with Gasteiger partial charge in [-0.05, 0) is 54.8 Å². The lowest BCUT2D eigenvalue weighted by molar-refractivity contribution is -0.121. The molecule has 0 bridgehead atoms. The van der Waals surface area contributed by atoms with Gasteiger partial charge >= 0.3 is 0 Å². The fourth-order valence-electron chi connectivity index (χ4n) is 3.49. The second-order valence-electron chi connectivity index (χ2n) is 7.09. The highest BCUT2D eigenvalue weighted by Gasteiger charge is 2.28. The minimum absolute atomic E-state index is 0.0319. The van der Waals surface area contributed by atoms with Crippen molar-refractivity contribution in [2.75, 3.05) is 18.4 Å². The molecule has 3 aromatic rings. The first-order valence-corrected chi connectivity index (χ1v) is 10.8. The van der Waals surface area contributed by atoms with Crippen LogP contribution in [0.2, 0.25) is 5.02 Å². The van der Waals surface area contributed by atoms with Gasteiger partial charge in [0.25, 0.3) is 5.91 Å². The van der Waals surface area contributed by atoms with E-state index in [4.69, 9.17) is 11.6 Å². The first kappa shape index (κ1) is 19.7. The maximum Gasteiger partial charge on any atom is 0.263 e. The third-order valence-electron chi connectivity index (χ3n) is 5.14. The Morgan fingerprint density at radius 2 is 1.62 bits per heavy atom. The van der Waals surface area contributed by atoms with E-state index in [0.717, 1.165) is 21.0 Å². The minimum Gasteiger partial charge on any atom is -0.338 e. The van der Waals surface area contributed by atoms with Crippen molar-refractivity contribution in [1.29, 1.82) is 0 Å². The van der Waals surface area contributed by atoms with Gasteiger partial charge in [-0.3, -0.25) is 9.59 Å². The van der Waals surface area contributed by atoms with Crippen LogP contribution < -0.4 is 5.32 Å². The summed E-state index contributed by atoms with van der Waals surface area (Å²) >= 11 is 7.44. The Bertz CT molecular complexity index is 993. The van der Waals surface area contributed by atoms with Gasteiger partial charge in [0.05, 0.1) is 4.88 Å². The van der Waals surface area contributed by atoms with Gasteiger partial charge in [0.15, 0.2) is 0 Å². The predicted octanol–water partition coefficient (Wildman–Crippen LogP) is 5.56. The fraction of sp³-hybridized carbons (Fsp3) is 0.217. The quantitative estimate of drug-likeness (QED) is 0.596. The second-order valence-corrected chi connectivity index (χ2v) is 8.61. The summed E-state index contributed by atoms with van der Waals surface area (Å²) in [5, 5.41) is 3.66. The van der Waals surface area contributed by atoms with Crippen molar-refractivity contribution < 1.29 is 9.59 Å². The topological polar surface area (TPSA) is 49.4 Å². The SMILES string of the molecule is O=C(Nc1ccccc1)C1CCN(C(=O)c2ccc(-c3ccc(Cl)cc3)s2)CC1. The summed E-state index contributed by atoms with van der Waals surface area (Å²) in [6.07, 6.45) is 1.36. The number of halogens is 1. The van der Waals surface area contributed by atoms with E-state index in [1.165, 1.54) is 11.3 Å². The molecule has 2 amide bonds. The second kappa shape index (κ2) is 8.80. The number of carbonyl (C=O) groups is 2. The van der Waals surface area contributed by atoms with Crippen molar-refractivity contribution in [2.24, 2.45) is 5.92 Å². The maximum absolute atomic E-state index is 12.9. The van der Waals surface area contributed by atoms with E-state index in [2.05, 4.69) is 5.32 Å². The lowest BCUT2D eigenvalue weighted by atomic mass is 9.95. The molecule has 2 aromatic carbocycles. The van der Waals surface area contributed by atoms with Crippen LogP contribution in [0.5, 0.6) is 0 Å². The van der Waals surface area contributed by atoms with E-state index in [-0.39, 0.29) is 17.7 Å². The van der Waals surface area contributed by atoms with Crippen LogP contribution in [-0.2, 0) is 4.79 Å². The van der Waals surface area contributed by atoms with Gasteiger partial charge in [0.2, 0.25) is 5.91 Å². The molecule has 0 radical (unpaired) electrons. The number of rotatable bonds is 4. The average molecular weight is 425 g/mol. The Balaban J connectivity index is 1.34. The highest BCUT2D eigenvalue weighted by molar-refractivity contribution is 7.17. The molecule has 0 aliphatic carbocycles. The number of benzene rings is 2. The van der Waals surface area contributed by atoms with Gasteiger partial charge < -0.3 is 10.2 Å². The number of anilines is 1. The molecule has 1 aromatic heterocycles. The van der Waals surface area contributed by atoms with E-state index in [1.54, 1.807) is 0 Å². The summed E-state index contributed by atoms with van der Waals surface area (Å²) in [6.45, 7) is 1.19. The van der Waals surface area contributed by atoms with Crippen LogP contribution in [0.25, 0.3) is 10.4 Å². The zero-order chi connectivity index (χ0) is 20.2. The number of likely N-dealkylation sites (tertiary alicyclic amines) is 1. The monoisotopic (exact) mass is 424 g/mol. The van der Waals surface area contributed by atoms with E-state index in [0.29, 0.717) is 31.0 Å². The smallest absolute Gasteiger partial charge is 0.263 e. The molecule has 1 N–H and O–H groups in total. The molecule has 29 heavy (non-hydrogen) atoms. The fourth-order valence-corrected chi connectivity index (χ4v) is 4.59. The van der Waals surface area contributed by atoms with E-state index < -0.39 is 0 Å². The van der Waals surface area contributed by atoms with Crippen molar-refractivity contribution >= 4 is 40.4 Å². The number of carbonyl (C=O) groups excluding carboxylic acids is 2. The number of para-hydroxylation sites is 1. The van der Waals surface area contributed by atoms with Crippen molar-refractivity contribution in [3.63, 3.8) is 0 Å². The molecule has 4 nitrogen and oxygen atoms in total. The first-order valence-electron chi connectivity index (χ1n) is 9.61. The van der Waals surface area contributed by atoms with Crippen molar-refractivity contribution in [2.45, 2.75) is 12.8 Å². The van der Waals surface area contributed by atoms with Gasteiger partial charge in [-0.25, -0.2) is 0 Å². The highest BCUT2D eigenvalue weighted by Crippen LogP contribution is 2.30. The first-order chi connectivity index (χ1) is 14.1. The van der Waals surface area contributed by atoms with Gasteiger partial charge in [-0.1, -0.05) is 41.9 Å². The lowest BCUT2D eigenvalue weighted by Crippen LogP contribution is -2.41. The number of thiophene rings is 1. The summed E-state index contributed by atoms with van der Waals surface area (Å²) in [4.78, 5) is 29.0. The van der Waals surface area contributed by atoms with Crippen LogP contribution in [0.1, 0.15) is 22.5 Å². The summed E-state index contributed by atoms with van der Waals surface area (Å²) in [6, 6.07) is 20.9. The van der Waals surface area contributed by atoms with Gasteiger partial charge in [-0.2, -0.15) is 0 Å². The van der Waals surface area contributed by atoms with Crippen molar-refractivity contribution in [1.82, 2.24) is 4.90 Å². The molecule has 6 heteroatoms. The number of hydrogen-bond acceptors (Lipinski definition) is 3. The summed E-state index contributed by atoms with van der Waals surface area (Å²) in [7, 11) is 0. The van der Waals surface area contributed by atoms with Crippen molar-refractivity contribution in [3.8, 4) is 10.4 Å². The van der Waals surface area contributed by atoms with Crippen LogP contribution >= 0.6 is 22.9 Å². The number of amides is 2. The van der Waals surface area contributed by atoms with Gasteiger partial charge in [-0.15, -0.1) is 11.3 Å². The molecule has 1 aliphatic rings. The molecule has 148 valence electrons. The zero-order valence-electron chi connectivity index (χ0n) is 15.8. The number of piperidine rings is 1. The van der Waals surface area contributed by atoms with Gasteiger partial charge in [0.1, 0.15) is 0 Å². The molecule has 0 saturated carbocycles. The predicted molar refractivity (Wildman–Crippen MR) is 118 cm³/mol. The molecule has 1 saturated heterocycles. The minimum atomic E-state index is -0.0628. The molecular formula is C23H21ClN2O2S. The van der Waals surface area contributed by atoms with Crippen LogP contribution in [0.15, 0.2) is 66.7 Å². The molecule has 1 fully saturated rings. The van der Waals surface area contributed by atoms with Crippen molar-refractivity contribution in [3.05, 3.63) is 76.6 Å². The molecule has 2 heterocycles. The third-order valence-corrected chi connectivity index (χ3v) is 6.51. The largest absolute Gasteiger partial charge is 0.338 e. The standard InChI is InChI=1S/C23H21ClN2O2S/c24-18-8-6-16(7-9-18)20-10-11-21(29-20)23(28)26-14-12-17(13-15-26)22(27)25-19-4-2-1-3-5-19/h1-11,17H,12-15H2,(H,25,27). The highest BCUT2D eigenvalue weighted by atomic mass is 35.5. The summed E-state index contributed by atoms with van der Waals surface area (Å²) < 4.78 is 0. The Morgan fingerprint density at radius 1 is 0.931 bits per heavy atom. The number of nitrogens with one attached hydrogen (secondary N) is 1. The molecule has 0 unspecified atom stereocenters. The third kappa shape index (κ3) is 4.69. The van der Waals surface area contributed by atoms with E-state index in [1.807, 2.05) is 71.6 Å².